The van der Waals surface area contributed by atoms with E-state index in [4.69, 9.17) is 4.74 Å². The molecule has 0 aromatic heterocycles. The van der Waals surface area contributed by atoms with Gasteiger partial charge in [-0.3, -0.25) is 4.79 Å². The first kappa shape index (κ1) is 23.8. The van der Waals surface area contributed by atoms with Gasteiger partial charge in [0.15, 0.2) is 0 Å². The first-order valence-corrected chi connectivity index (χ1v) is 9.96. The first-order valence-electron chi connectivity index (χ1n) is 9.96. The van der Waals surface area contributed by atoms with Gasteiger partial charge in [-0.15, -0.1) is 0 Å². The molecule has 0 saturated carbocycles. The minimum atomic E-state index is -0.148. The zero-order valence-electron chi connectivity index (χ0n) is 18.6. The van der Waals surface area contributed by atoms with E-state index in [-0.39, 0.29) is 24.5 Å². The van der Waals surface area contributed by atoms with Crippen LogP contribution in [0.15, 0.2) is 48.5 Å². The molecule has 0 unspecified atom stereocenters. The Hall–Kier alpha value is -2.49. The van der Waals surface area contributed by atoms with Crippen LogP contribution in [-0.2, 0) is 25.2 Å². The molecule has 0 spiro atoms. The van der Waals surface area contributed by atoms with Crippen LogP contribution in [0, 0.1) is 41.5 Å². The molecule has 3 nitrogen and oxygen atoms in total. The Labute approximate surface area is 191 Å². The molecular weight excluding hydrogens is 409 g/mol. The normalized spacial score (nSPS) is 10.3. The second-order valence-corrected chi connectivity index (χ2v) is 7.68. The molecule has 0 saturated heterocycles. The fraction of sp³-hybridized carbons (Fsp3) is 0.269. The molecule has 0 fully saturated rings. The SMILES string of the molecule is Cc1cccc(C(=O)Nc2c(C)c(C)c(C)c(C)c2C)c1OCc1ccccc1.[V]. The van der Waals surface area contributed by atoms with Gasteiger partial charge in [-0.2, -0.15) is 0 Å². The van der Waals surface area contributed by atoms with Crippen molar-refractivity contribution in [2.45, 2.75) is 48.1 Å². The van der Waals surface area contributed by atoms with E-state index in [0.29, 0.717) is 17.9 Å². The van der Waals surface area contributed by atoms with Gasteiger partial charge in [-0.05, 0) is 86.6 Å². The summed E-state index contributed by atoms with van der Waals surface area (Å²) < 4.78 is 6.08. The number of carbonyl (C=O) groups is 1. The molecule has 0 aliphatic heterocycles. The fourth-order valence-electron chi connectivity index (χ4n) is 3.62. The van der Waals surface area contributed by atoms with Gasteiger partial charge in [-0.25, -0.2) is 0 Å². The summed E-state index contributed by atoms with van der Waals surface area (Å²) in [6, 6.07) is 15.7. The van der Waals surface area contributed by atoms with Crippen LogP contribution in [0.25, 0.3) is 0 Å². The molecule has 0 atom stereocenters. The topological polar surface area (TPSA) is 38.3 Å². The van der Waals surface area contributed by atoms with Crippen LogP contribution < -0.4 is 10.1 Å². The molecule has 3 aromatic carbocycles. The first-order chi connectivity index (χ1) is 13.8. The zero-order chi connectivity index (χ0) is 21.1. The maximum absolute atomic E-state index is 13.2. The smallest absolute Gasteiger partial charge is 0.259 e. The van der Waals surface area contributed by atoms with Crippen LogP contribution in [0.2, 0.25) is 0 Å². The van der Waals surface area contributed by atoms with E-state index in [2.05, 4.69) is 39.9 Å². The van der Waals surface area contributed by atoms with Crippen LogP contribution >= 0.6 is 0 Å². The summed E-state index contributed by atoms with van der Waals surface area (Å²) in [6.07, 6.45) is 0. The molecular formula is C26H29NO2V. The van der Waals surface area contributed by atoms with Gasteiger partial charge in [0.25, 0.3) is 5.91 Å². The predicted molar refractivity (Wildman–Crippen MR) is 120 cm³/mol. The number of hydrogen-bond donors (Lipinski definition) is 1. The minimum Gasteiger partial charge on any atom is -0.488 e. The van der Waals surface area contributed by atoms with Gasteiger partial charge >= 0.3 is 0 Å². The van der Waals surface area contributed by atoms with Crippen molar-refractivity contribution in [1.29, 1.82) is 0 Å². The number of hydrogen-bond acceptors (Lipinski definition) is 2. The van der Waals surface area contributed by atoms with Crippen LogP contribution in [0.4, 0.5) is 5.69 Å². The zero-order valence-corrected chi connectivity index (χ0v) is 20.0. The summed E-state index contributed by atoms with van der Waals surface area (Å²) in [5.41, 5.74) is 9.39. The van der Waals surface area contributed by atoms with Gasteiger partial charge in [0.1, 0.15) is 12.4 Å². The summed E-state index contributed by atoms with van der Waals surface area (Å²) in [7, 11) is 0. The van der Waals surface area contributed by atoms with E-state index < -0.39 is 0 Å². The van der Waals surface area contributed by atoms with Crippen molar-refractivity contribution in [3.63, 3.8) is 0 Å². The van der Waals surface area contributed by atoms with Crippen molar-refractivity contribution >= 4 is 11.6 Å². The van der Waals surface area contributed by atoms with E-state index >= 15 is 0 Å². The molecule has 3 rings (SSSR count). The fourth-order valence-corrected chi connectivity index (χ4v) is 3.62. The van der Waals surface area contributed by atoms with Crippen LogP contribution in [0.3, 0.4) is 0 Å². The Kier molecular flexibility index (Phi) is 7.94. The summed E-state index contributed by atoms with van der Waals surface area (Å²) in [5, 5.41) is 3.15. The number of amides is 1. The molecule has 0 aliphatic carbocycles. The third-order valence-electron chi connectivity index (χ3n) is 5.92. The average Bonchev–Trinajstić information content (AvgIpc) is 2.73. The third kappa shape index (κ3) is 4.80. The molecule has 1 N–H and O–H groups in total. The summed E-state index contributed by atoms with van der Waals surface area (Å²) in [4.78, 5) is 13.2. The van der Waals surface area contributed by atoms with E-state index in [1.165, 1.54) is 16.7 Å². The quantitative estimate of drug-likeness (QED) is 0.503. The summed E-state index contributed by atoms with van der Waals surface area (Å²) in [5.74, 6) is 0.482. The Morgan fingerprint density at radius 2 is 1.33 bits per heavy atom. The number of rotatable bonds is 5. The third-order valence-corrected chi connectivity index (χ3v) is 5.92. The molecule has 1 amide bonds. The van der Waals surface area contributed by atoms with E-state index in [1.807, 2.05) is 55.5 Å². The Bertz CT molecular complexity index is 1030. The molecule has 30 heavy (non-hydrogen) atoms. The van der Waals surface area contributed by atoms with E-state index in [0.717, 1.165) is 27.9 Å². The Morgan fingerprint density at radius 1 is 0.767 bits per heavy atom. The Balaban J connectivity index is 0.00000320. The van der Waals surface area contributed by atoms with Crippen molar-refractivity contribution in [3.05, 3.63) is 93.0 Å². The van der Waals surface area contributed by atoms with Gasteiger partial charge in [0.2, 0.25) is 0 Å². The number of para-hydroxylation sites is 1. The van der Waals surface area contributed by atoms with Gasteiger partial charge < -0.3 is 10.1 Å². The number of nitrogens with one attached hydrogen (secondary N) is 1. The predicted octanol–water partition coefficient (Wildman–Crippen LogP) is 6.37. The van der Waals surface area contributed by atoms with Gasteiger partial charge in [0.05, 0.1) is 5.56 Å². The maximum Gasteiger partial charge on any atom is 0.259 e. The number of anilines is 1. The second kappa shape index (κ2) is 10.0. The Morgan fingerprint density at radius 3 is 1.93 bits per heavy atom. The molecule has 0 heterocycles. The van der Waals surface area contributed by atoms with E-state index in [1.54, 1.807) is 0 Å². The monoisotopic (exact) mass is 438 g/mol. The second-order valence-electron chi connectivity index (χ2n) is 7.68. The molecule has 1 radical (unpaired) electrons. The summed E-state index contributed by atoms with van der Waals surface area (Å²) >= 11 is 0. The number of aryl methyl sites for hydroxylation is 1. The maximum atomic E-state index is 13.2. The number of benzene rings is 3. The van der Waals surface area contributed by atoms with Crippen molar-refractivity contribution in [3.8, 4) is 5.75 Å². The average molecular weight is 438 g/mol. The van der Waals surface area contributed by atoms with Crippen LogP contribution in [-0.4, -0.2) is 5.91 Å². The van der Waals surface area contributed by atoms with Crippen molar-refractivity contribution in [2.75, 3.05) is 5.32 Å². The minimum absolute atomic E-state index is 0. The largest absolute Gasteiger partial charge is 0.488 e. The molecule has 0 bridgehead atoms. The van der Waals surface area contributed by atoms with Crippen LogP contribution in [0.1, 0.15) is 49.3 Å². The van der Waals surface area contributed by atoms with Gasteiger partial charge in [-0.1, -0.05) is 42.5 Å². The standard InChI is InChI=1S/C26H29NO2.V/c1-16-11-10-14-23(25(16)29-15-22-12-8-7-9-13-22)26(28)27-24-20(5)18(3)17(2)19(4)21(24)6;/h7-14H,15H2,1-6H3,(H,27,28);. The number of ether oxygens (including phenoxy) is 1. The van der Waals surface area contributed by atoms with Crippen molar-refractivity contribution < 1.29 is 28.1 Å². The van der Waals surface area contributed by atoms with E-state index in [9.17, 15) is 4.79 Å². The summed E-state index contributed by atoms with van der Waals surface area (Å²) in [6.45, 7) is 12.9. The van der Waals surface area contributed by atoms with Crippen LogP contribution in [0.5, 0.6) is 5.75 Å². The molecule has 0 aliphatic rings. The molecule has 155 valence electrons. The molecule has 4 heteroatoms. The van der Waals surface area contributed by atoms with Gasteiger partial charge in [0, 0.05) is 24.2 Å². The van der Waals surface area contributed by atoms with Crippen molar-refractivity contribution in [1.82, 2.24) is 0 Å². The number of carbonyl (C=O) groups excluding carboxylic acids is 1. The van der Waals surface area contributed by atoms with Crippen molar-refractivity contribution in [2.24, 2.45) is 0 Å². The molecule has 3 aromatic rings.